The molecule has 2 aromatic rings. The number of anilines is 1. The number of halogens is 1. The van der Waals surface area contributed by atoms with E-state index in [1.807, 2.05) is 0 Å². The number of carbonyl (C=O) groups is 1. The molecule has 21 heavy (non-hydrogen) atoms. The topological polar surface area (TPSA) is 54.9 Å². The minimum absolute atomic E-state index is 0.0120. The van der Waals surface area contributed by atoms with Gasteiger partial charge in [0.2, 0.25) is 11.0 Å². The molecule has 1 aromatic carbocycles. The number of aromatic nitrogens is 2. The Labute approximate surface area is 125 Å². The Morgan fingerprint density at radius 2 is 2.10 bits per heavy atom. The van der Waals surface area contributed by atoms with Gasteiger partial charge in [0, 0.05) is 11.8 Å². The summed E-state index contributed by atoms with van der Waals surface area (Å²) in [5.41, 5.74) is 0.633. The maximum atomic E-state index is 13.7. The van der Waals surface area contributed by atoms with Gasteiger partial charge in [-0.15, -0.1) is 10.2 Å². The van der Waals surface area contributed by atoms with E-state index in [4.69, 9.17) is 0 Å². The molecule has 2 aliphatic rings. The lowest BCUT2D eigenvalue weighted by Crippen LogP contribution is -2.14. The van der Waals surface area contributed by atoms with Crippen LogP contribution in [0.4, 0.5) is 9.52 Å². The van der Waals surface area contributed by atoms with Gasteiger partial charge in [-0.05, 0) is 36.8 Å². The molecule has 0 saturated heterocycles. The standard InChI is InChI=1S/C15H14FN3OS/c16-12-4-2-1-3-9(12)10-7-11(10)13(20)17-15-19-18-14(21-15)8-5-6-8/h1-4,8,10-11H,5-7H2,(H,17,19,20)/t10-,11+/m1/s1. The molecule has 4 rings (SSSR count). The van der Waals surface area contributed by atoms with Gasteiger partial charge in [0.25, 0.3) is 0 Å². The van der Waals surface area contributed by atoms with Crippen molar-refractivity contribution in [3.05, 3.63) is 40.7 Å². The fourth-order valence-corrected chi connectivity index (χ4v) is 3.50. The average Bonchev–Trinajstić information content (AvgIpc) is 3.39. The Morgan fingerprint density at radius 1 is 1.29 bits per heavy atom. The molecular weight excluding hydrogens is 289 g/mol. The molecule has 1 N–H and O–H groups in total. The van der Waals surface area contributed by atoms with Crippen molar-refractivity contribution in [2.24, 2.45) is 5.92 Å². The van der Waals surface area contributed by atoms with Crippen LogP contribution in [0.2, 0.25) is 0 Å². The van der Waals surface area contributed by atoms with Crippen LogP contribution < -0.4 is 5.32 Å². The minimum atomic E-state index is -0.232. The Hall–Kier alpha value is -1.82. The van der Waals surface area contributed by atoms with Crippen LogP contribution in [0.1, 0.15) is 41.7 Å². The number of benzene rings is 1. The first-order chi connectivity index (χ1) is 10.2. The van der Waals surface area contributed by atoms with Gasteiger partial charge in [-0.3, -0.25) is 4.79 Å². The first kappa shape index (κ1) is 12.9. The van der Waals surface area contributed by atoms with E-state index in [1.54, 1.807) is 18.2 Å². The van der Waals surface area contributed by atoms with Crippen LogP contribution >= 0.6 is 11.3 Å². The zero-order valence-electron chi connectivity index (χ0n) is 11.3. The lowest BCUT2D eigenvalue weighted by molar-refractivity contribution is -0.117. The van der Waals surface area contributed by atoms with Crippen molar-refractivity contribution in [2.75, 3.05) is 5.32 Å². The lowest BCUT2D eigenvalue weighted by Gasteiger charge is -2.02. The van der Waals surface area contributed by atoms with E-state index < -0.39 is 0 Å². The molecule has 6 heteroatoms. The van der Waals surface area contributed by atoms with Gasteiger partial charge in [-0.2, -0.15) is 0 Å². The second-order valence-corrected chi connectivity index (χ2v) is 6.69. The highest BCUT2D eigenvalue weighted by atomic mass is 32.1. The van der Waals surface area contributed by atoms with Crippen LogP contribution in [0.15, 0.2) is 24.3 Å². The first-order valence-electron chi connectivity index (χ1n) is 7.11. The molecule has 1 amide bonds. The third kappa shape index (κ3) is 2.55. The monoisotopic (exact) mass is 303 g/mol. The van der Waals surface area contributed by atoms with Crippen molar-refractivity contribution < 1.29 is 9.18 Å². The van der Waals surface area contributed by atoms with Crippen molar-refractivity contribution in [1.29, 1.82) is 0 Å². The van der Waals surface area contributed by atoms with Crippen molar-refractivity contribution in [3.63, 3.8) is 0 Å². The number of nitrogens with zero attached hydrogens (tertiary/aromatic N) is 2. The van der Waals surface area contributed by atoms with Gasteiger partial charge in [-0.25, -0.2) is 4.39 Å². The smallest absolute Gasteiger partial charge is 0.229 e. The third-order valence-electron chi connectivity index (χ3n) is 4.03. The Bertz CT molecular complexity index is 698. The predicted molar refractivity (Wildman–Crippen MR) is 77.8 cm³/mol. The normalized spacial score (nSPS) is 23.9. The molecule has 1 aromatic heterocycles. The Morgan fingerprint density at radius 3 is 2.86 bits per heavy atom. The summed E-state index contributed by atoms with van der Waals surface area (Å²) in [6, 6.07) is 6.66. The second-order valence-electron chi connectivity index (χ2n) is 5.68. The summed E-state index contributed by atoms with van der Waals surface area (Å²) in [5.74, 6) is 0.0592. The molecule has 0 spiro atoms. The highest BCUT2D eigenvalue weighted by molar-refractivity contribution is 7.15. The SMILES string of the molecule is O=C(Nc1nnc(C2CC2)s1)[C@H]1C[C@@H]1c1ccccc1F. The Balaban J connectivity index is 1.41. The number of nitrogens with one attached hydrogen (secondary N) is 1. The average molecular weight is 303 g/mol. The summed E-state index contributed by atoms with van der Waals surface area (Å²) in [7, 11) is 0. The number of amides is 1. The van der Waals surface area contributed by atoms with E-state index in [0.717, 1.165) is 5.01 Å². The van der Waals surface area contributed by atoms with E-state index in [2.05, 4.69) is 15.5 Å². The van der Waals surface area contributed by atoms with Gasteiger partial charge in [0.15, 0.2) is 0 Å². The van der Waals surface area contributed by atoms with E-state index in [9.17, 15) is 9.18 Å². The van der Waals surface area contributed by atoms with Crippen LogP contribution in [0.3, 0.4) is 0 Å². The summed E-state index contributed by atoms with van der Waals surface area (Å²) in [5, 5.41) is 12.5. The quantitative estimate of drug-likeness (QED) is 0.943. The third-order valence-corrected chi connectivity index (χ3v) is 5.03. The predicted octanol–water partition coefficient (Wildman–Crippen LogP) is 3.30. The number of carbonyl (C=O) groups excluding carboxylic acids is 1. The van der Waals surface area contributed by atoms with Crippen molar-refractivity contribution in [2.45, 2.75) is 31.1 Å². The molecule has 2 fully saturated rings. The molecule has 2 aliphatic carbocycles. The minimum Gasteiger partial charge on any atom is -0.300 e. The summed E-state index contributed by atoms with van der Waals surface area (Å²) in [4.78, 5) is 12.2. The number of rotatable bonds is 4. The van der Waals surface area contributed by atoms with E-state index >= 15 is 0 Å². The zero-order valence-corrected chi connectivity index (χ0v) is 12.1. The first-order valence-corrected chi connectivity index (χ1v) is 7.92. The molecule has 4 nitrogen and oxygen atoms in total. The van der Waals surface area contributed by atoms with Gasteiger partial charge in [0.05, 0.1) is 0 Å². The van der Waals surface area contributed by atoms with E-state index in [1.165, 1.54) is 30.2 Å². The molecule has 2 atom stereocenters. The summed E-state index contributed by atoms with van der Waals surface area (Å²) < 4.78 is 13.7. The highest BCUT2D eigenvalue weighted by Gasteiger charge is 2.45. The van der Waals surface area contributed by atoms with Crippen molar-refractivity contribution in [1.82, 2.24) is 10.2 Å². The van der Waals surface area contributed by atoms with Crippen LogP contribution in [0.25, 0.3) is 0 Å². The number of hydrogen-bond acceptors (Lipinski definition) is 4. The van der Waals surface area contributed by atoms with Crippen LogP contribution in [-0.4, -0.2) is 16.1 Å². The summed E-state index contributed by atoms with van der Waals surface area (Å²) in [6.07, 6.45) is 3.03. The molecule has 0 aliphatic heterocycles. The highest BCUT2D eigenvalue weighted by Crippen LogP contribution is 2.49. The fraction of sp³-hybridized carbons (Fsp3) is 0.400. The molecule has 0 bridgehead atoms. The fourth-order valence-electron chi connectivity index (χ4n) is 2.58. The van der Waals surface area contributed by atoms with E-state index in [-0.39, 0.29) is 23.6 Å². The molecule has 1 heterocycles. The van der Waals surface area contributed by atoms with E-state index in [0.29, 0.717) is 23.0 Å². The lowest BCUT2D eigenvalue weighted by atomic mass is 10.1. The molecular formula is C15H14FN3OS. The maximum Gasteiger partial charge on any atom is 0.229 e. The van der Waals surface area contributed by atoms with Gasteiger partial charge in [0.1, 0.15) is 10.8 Å². The van der Waals surface area contributed by atoms with Crippen molar-refractivity contribution >= 4 is 22.4 Å². The summed E-state index contributed by atoms with van der Waals surface area (Å²) >= 11 is 1.45. The van der Waals surface area contributed by atoms with Gasteiger partial charge >= 0.3 is 0 Å². The van der Waals surface area contributed by atoms with Gasteiger partial charge < -0.3 is 5.32 Å². The summed E-state index contributed by atoms with van der Waals surface area (Å²) in [6.45, 7) is 0. The maximum absolute atomic E-state index is 13.7. The zero-order chi connectivity index (χ0) is 14.4. The van der Waals surface area contributed by atoms with Crippen molar-refractivity contribution in [3.8, 4) is 0 Å². The molecule has 108 valence electrons. The number of hydrogen-bond donors (Lipinski definition) is 1. The molecule has 0 radical (unpaired) electrons. The largest absolute Gasteiger partial charge is 0.300 e. The van der Waals surface area contributed by atoms with Crippen LogP contribution in [0.5, 0.6) is 0 Å². The molecule has 2 saturated carbocycles. The van der Waals surface area contributed by atoms with Crippen LogP contribution in [-0.2, 0) is 4.79 Å². The molecule has 0 unspecified atom stereocenters. The Kier molecular flexibility index (Phi) is 2.99. The van der Waals surface area contributed by atoms with Crippen LogP contribution in [0, 0.1) is 11.7 Å². The second kappa shape index (κ2) is 4.87. The van der Waals surface area contributed by atoms with Gasteiger partial charge in [-0.1, -0.05) is 29.5 Å².